The number of carbonyl (C=O) groups is 1. The monoisotopic (exact) mass is 336 g/mol. The quantitative estimate of drug-likeness (QED) is 0.740. The Morgan fingerprint density at radius 2 is 1.86 bits per heavy atom. The Kier molecular flexibility index (Phi) is 5.98. The standard InChI is InChI=1S/C17H21ClN2OS/c1-4-10-20(11-5-2)17(21)15-12(3)19-16(22-15)13-8-6-7-9-14(13)18/h6-9H,4-5,10-11H2,1-3H3. The first-order valence-electron chi connectivity index (χ1n) is 7.60. The molecule has 0 atom stereocenters. The molecule has 0 saturated heterocycles. The van der Waals surface area contributed by atoms with Gasteiger partial charge < -0.3 is 4.90 Å². The summed E-state index contributed by atoms with van der Waals surface area (Å²) in [5.74, 6) is 0.0806. The van der Waals surface area contributed by atoms with Gasteiger partial charge in [0.05, 0.1) is 10.7 Å². The van der Waals surface area contributed by atoms with Gasteiger partial charge in [-0.05, 0) is 25.8 Å². The Morgan fingerprint density at radius 3 is 2.45 bits per heavy atom. The molecule has 0 N–H and O–H groups in total. The number of rotatable bonds is 6. The average Bonchev–Trinajstić information content (AvgIpc) is 2.88. The van der Waals surface area contributed by atoms with Crippen LogP contribution in [0.5, 0.6) is 0 Å². The highest BCUT2D eigenvalue weighted by Gasteiger charge is 2.21. The molecule has 118 valence electrons. The van der Waals surface area contributed by atoms with Gasteiger partial charge in [0.15, 0.2) is 0 Å². The van der Waals surface area contributed by atoms with Gasteiger partial charge in [0.2, 0.25) is 0 Å². The molecule has 0 aliphatic heterocycles. The van der Waals surface area contributed by atoms with E-state index in [1.165, 1.54) is 11.3 Å². The maximum atomic E-state index is 12.7. The van der Waals surface area contributed by atoms with Crippen LogP contribution in [0.3, 0.4) is 0 Å². The van der Waals surface area contributed by atoms with Crippen molar-refractivity contribution in [3.63, 3.8) is 0 Å². The fourth-order valence-electron chi connectivity index (χ4n) is 2.34. The predicted octanol–water partition coefficient (Wildman–Crippen LogP) is 5.03. The van der Waals surface area contributed by atoms with Crippen LogP contribution < -0.4 is 0 Å². The van der Waals surface area contributed by atoms with Crippen LogP contribution in [-0.2, 0) is 0 Å². The first-order chi connectivity index (χ1) is 10.6. The number of hydrogen-bond donors (Lipinski definition) is 0. The number of nitrogens with zero attached hydrogens (tertiary/aromatic N) is 2. The van der Waals surface area contributed by atoms with E-state index >= 15 is 0 Å². The molecule has 0 saturated carbocycles. The molecule has 3 nitrogen and oxygen atoms in total. The lowest BCUT2D eigenvalue weighted by molar-refractivity contribution is 0.0759. The van der Waals surface area contributed by atoms with Crippen LogP contribution in [0.15, 0.2) is 24.3 Å². The normalized spacial score (nSPS) is 10.7. The van der Waals surface area contributed by atoms with E-state index in [0.717, 1.165) is 47.1 Å². The largest absolute Gasteiger partial charge is 0.338 e. The Labute approximate surface area is 140 Å². The highest BCUT2D eigenvalue weighted by molar-refractivity contribution is 7.17. The van der Waals surface area contributed by atoms with Crippen LogP contribution in [-0.4, -0.2) is 28.9 Å². The molecule has 0 aliphatic carbocycles. The number of carbonyl (C=O) groups excluding carboxylic acids is 1. The lowest BCUT2D eigenvalue weighted by Gasteiger charge is -2.20. The van der Waals surface area contributed by atoms with Crippen molar-refractivity contribution in [1.29, 1.82) is 0 Å². The molecule has 0 unspecified atom stereocenters. The summed E-state index contributed by atoms with van der Waals surface area (Å²) in [4.78, 5) is 19.9. The lowest BCUT2D eigenvalue weighted by Crippen LogP contribution is -2.32. The number of aryl methyl sites for hydroxylation is 1. The Bertz CT molecular complexity index is 648. The molecule has 1 heterocycles. The van der Waals surface area contributed by atoms with Crippen LogP contribution in [0.25, 0.3) is 10.6 Å². The maximum Gasteiger partial charge on any atom is 0.265 e. The fraction of sp³-hybridized carbons (Fsp3) is 0.412. The minimum Gasteiger partial charge on any atom is -0.338 e. The second kappa shape index (κ2) is 7.75. The summed E-state index contributed by atoms with van der Waals surface area (Å²) in [5.41, 5.74) is 1.66. The molecule has 2 rings (SSSR count). The highest BCUT2D eigenvalue weighted by atomic mass is 35.5. The summed E-state index contributed by atoms with van der Waals surface area (Å²) in [6, 6.07) is 7.60. The van der Waals surface area contributed by atoms with Gasteiger partial charge in [-0.15, -0.1) is 11.3 Å². The SMILES string of the molecule is CCCN(CCC)C(=O)c1sc(-c2ccccc2Cl)nc1C. The maximum absolute atomic E-state index is 12.7. The van der Waals surface area contributed by atoms with Crippen molar-refractivity contribution >= 4 is 28.8 Å². The first-order valence-corrected chi connectivity index (χ1v) is 8.79. The van der Waals surface area contributed by atoms with Crippen LogP contribution in [0.1, 0.15) is 42.1 Å². The molecule has 0 aliphatic rings. The third-order valence-corrected chi connectivity index (χ3v) is 4.88. The summed E-state index contributed by atoms with van der Waals surface area (Å²) in [5, 5.41) is 1.47. The van der Waals surface area contributed by atoms with E-state index in [9.17, 15) is 4.79 Å². The third kappa shape index (κ3) is 3.68. The van der Waals surface area contributed by atoms with Gasteiger partial charge in [-0.3, -0.25) is 4.79 Å². The van der Waals surface area contributed by atoms with E-state index in [4.69, 9.17) is 11.6 Å². The third-order valence-electron chi connectivity index (χ3n) is 3.37. The highest BCUT2D eigenvalue weighted by Crippen LogP contribution is 2.33. The van der Waals surface area contributed by atoms with Crippen molar-refractivity contribution in [2.24, 2.45) is 0 Å². The summed E-state index contributed by atoms with van der Waals surface area (Å²) in [6.07, 6.45) is 1.92. The molecule has 1 aromatic heterocycles. The second-order valence-electron chi connectivity index (χ2n) is 5.21. The smallest absolute Gasteiger partial charge is 0.265 e. The van der Waals surface area contributed by atoms with Crippen molar-refractivity contribution in [1.82, 2.24) is 9.88 Å². The predicted molar refractivity (Wildman–Crippen MR) is 93.8 cm³/mol. The summed E-state index contributed by atoms with van der Waals surface area (Å²) in [6.45, 7) is 7.63. The molecule has 1 aromatic carbocycles. The Hall–Kier alpha value is -1.39. The van der Waals surface area contributed by atoms with Gasteiger partial charge >= 0.3 is 0 Å². The second-order valence-corrected chi connectivity index (χ2v) is 6.61. The molecular weight excluding hydrogens is 316 g/mol. The zero-order valence-corrected chi connectivity index (χ0v) is 14.8. The zero-order chi connectivity index (χ0) is 16.1. The minimum atomic E-state index is 0.0806. The molecule has 0 spiro atoms. The molecule has 2 aromatic rings. The van der Waals surface area contributed by atoms with E-state index < -0.39 is 0 Å². The molecular formula is C17H21ClN2OS. The number of halogens is 1. The van der Waals surface area contributed by atoms with Crippen molar-refractivity contribution in [3.05, 3.63) is 39.9 Å². The summed E-state index contributed by atoms with van der Waals surface area (Å²) in [7, 11) is 0. The average molecular weight is 337 g/mol. The van der Waals surface area contributed by atoms with Gasteiger partial charge in [0.25, 0.3) is 5.91 Å². The number of amides is 1. The van der Waals surface area contributed by atoms with E-state index in [1.54, 1.807) is 0 Å². The van der Waals surface area contributed by atoms with Crippen LogP contribution in [0, 0.1) is 6.92 Å². The van der Waals surface area contributed by atoms with E-state index in [-0.39, 0.29) is 5.91 Å². The van der Waals surface area contributed by atoms with Crippen molar-refractivity contribution in [2.75, 3.05) is 13.1 Å². The van der Waals surface area contributed by atoms with Crippen LogP contribution in [0.4, 0.5) is 0 Å². The fourth-order valence-corrected chi connectivity index (χ4v) is 3.70. The number of thiazole rings is 1. The van der Waals surface area contributed by atoms with E-state index in [1.807, 2.05) is 36.1 Å². The van der Waals surface area contributed by atoms with Gasteiger partial charge in [-0.25, -0.2) is 4.98 Å². The van der Waals surface area contributed by atoms with Gasteiger partial charge in [-0.1, -0.05) is 43.6 Å². The van der Waals surface area contributed by atoms with E-state index in [2.05, 4.69) is 18.8 Å². The number of hydrogen-bond acceptors (Lipinski definition) is 3. The van der Waals surface area contributed by atoms with Gasteiger partial charge in [-0.2, -0.15) is 0 Å². The minimum absolute atomic E-state index is 0.0806. The van der Waals surface area contributed by atoms with Crippen molar-refractivity contribution in [2.45, 2.75) is 33.6 Å². The molecule has 0 fully saturated rings. The molecule has 5 heteroatoms. The summed E-state index contributed by atoms with van der Waals surface area (Å²) >= 11 is 7.66. The topological polar surface area (TPSA) is 33.2 Å². The van der Waals surface area contributed by atoms with Gasteiger partial charge in [0.1, 0.15) is 9.88 Å². The van der Waals surface area contributed by atoms with Crippen molar-refractivity contribution < 1.29 is 4.79 Å². The first kappa shape index (κ1) is 17.0. The number of aromatic nitrogens is 1. The van der Waals surface area contributed by atoms with E-state index in [0.29, 0.717) is 5.02 Å². The Morgan fingerprint density at radius 1 is 1.23 bits per heavy atom. The van der Waals surface area contributed by atoms with Crippen molar-refractivity contribution in [3.8, 4) is 10.6 Å². The molecule has 0 radical (unpaired) electrons. The molecule has 0 bridgehead atoms. The molecule has 1 amide bonds. The van der Waals surface area contributed by atoms with Crippen LogP contribution >= 0.6 is 22.9 Å². The Balaban J connectivity index is 2.33. The zero-order valence-electron chi connectivity index (χ0n) is 13.2. The lowest BCUT2D eigenvalue weighted by atomic mass is 10.2. The van der Waals surface area contributed by atoms with Gasteiger partial charge in [0, 0.05) is 18.7 Å². The molecule has 22 heavy (non-hydrogen) atoms. The summed E-state index contributed by atoms with van der Waals surface area (Å²) < 4.78 is 0. The van der Waals surface area contributed by atoms with Crippen LogP contribution in [0.2, 0.25) is 5.02 Å². The number of benzene rings is 1.